The fourth-order valence-corrected chi connectivity index (χ4v) is 2.51. The number of ether oxygens (including phenoxy) is 1. The highest BCUT2D eigenvalue weighted by Crippen LogP contribution is 2.32. The van der Waals surface area contributed by atoms with Gasteiger partial charge in [-0.2, -0.15) is 18.3 Å². The van der Waals surface area contributed by atoms with Crippen molar-refractivity contribution in [3.05, 3.63) is 77.0 Å². The summed E-state index contributed by atoms with van der Waals surface area (Å²) in [6.07, 6.45) is -3.21. The van der Waals surface area contributed by atoms with Crippen molar-refractivity contribution in [2.75, 3.05) is 6.61 Å². The van der Waals surface area contributed by atoms with Gasteiger partial charge in [-0.25, -0.2) is 5.43 Å². The summed E-state index contributed by atoms with van der Waals surface area (Å²) in [7, 11) is 0. The zero-order chi connectivity index (χ0) is 20.9. The Kier molecular flexibility index (Phi) is 6.23. The first-order valence-corrected chi connectivity index (χ1v) is 8.67. The minimum absolute atomic E-state index is 0.244. The summed E-state index contributed by atoms with van der Waals surface area (Å²) in [5.41, 5.74) is 1.76. The van der Waals surface area contributed by atoms with Gasteiger partial charge in [0.2, 0.25) is 0 Å². The maximum Gasteiger partial charge on any atom is 0.416 e. The summed E-state index contributed by atoms with van der Waals surface area (Å²) in [4.78, 5) is 11.7. The lowest BCUT2D eigenvalue weighted by Gasteiger charge is -2.07. The fourth-order valence-electron chi connectivity index (χ4n) is 2.33. The highest BCUT2D eigenvalue weighted by molar-refractivity contribution is 6.30. The number of halogens is 4. The van der Waals surface area contributed by atoms with E-state index in [0.717, 1.165) is 12.1 Å². The lowest BCUT2D eigenvalue weighted by atomic mass is 10.1. The molecule has 29 heavy (non-hydrogen) atoms. The molecular weight excluding hydrogens is 409 g/mol. The average molecular weight is 423 g/mol. The van der Waals surface area contributed by atoms with E-state index in [0.29, 0.717) is 10.8 Å². The van der Waals surface area contributed by atoms with E-state index in [9.17, 15) is 18.0 Å². The molecule has 0 spiro atoms. The minimum Gasteiger partial charge on any atom is -0.484 e. The van der Waals surface area contributed by atoms with Crippen LogP contribution >= 0.6 is 11.6 Å². The van der Waals surface area contributed by atoms with Crippen LogP contribution in [0.4, 0.5) is 13.2 Å². The molecule has 0 aliphatic carbocycles. The number of nitrogens with zero attached hydrogens (tertiary/aromatic N) is 1. The number of amides is 1. The Morgan fingerprint density at radius 2 is 1.93 bits per heavy atom. The smallest absolute Gasteiger partial charge is 0.416 e. The van der Waals surface area contributed by atoms with Gasteiger partial charge in [-0.05, 0) is 42.5 Å². The standard InChI is InChI=1S/C20H14ClF3N2O3/c21-15-5-2-6-16(10-15)28-12-19(27)26-25-11-17-7-8-18(29-17)13-3-1-4-14(9-13)20(22,23)24/h1-11H,12H2,(H,26,27)/b25-11-. The number of furan rings is 1. The number of alkyl halides is 3. The zero-order valence-corrected chi connectivity index (χ0v) is 15.5. The molecule has 0 saturated heterocycles. The van der Waals surface area contributed by atoms with Crippen LogP contribution in [0.2, 0.25) is 5.02 Å². The molecule has 5 nitrogen and oxygen atoms in total. The number of benzene rings is 2. The lowest BCUT2D eigenvalue weighted by Crippen LogP contribution is -2.24. The van der Waals surface area contributed by atoms with Gasteiger partial charge in [0.1, 0.15) is 17.3 Å². The van der Waals surface area contributed by atoms with Gasteiger partial charge in [0.25, 0.3) is 5.91 Å². The van der Waals surface area contributed by atoms with Gasteiger partial charge < -0.3 is 9.15 Å². The molecule has 3 aromatic rings. The molecule has 0 fully saturated rings. The van der Waals surface area contributed by atoms with Gasteiger partial charge in [-0.3, -0.25) is 4.79 Å². The van der Waals surface area contributed by atoms with Crippen LogP contribution in [0.25, 0.3) is 11.3 Å². The molecule has 1 amide bonds. The summed E-state index contributed by atoms with van der Waals surface area (Å²) in [5.74, 6) is 0.431. The van der Waals surface area contributed by atoms with Gasteiger partial charge in [0.05, 0.1) is 11.8 Å². The molecule has 9 heteroatoms. The Balaban J connectivity index is 1.56. The van der Waals surface area contributed by atoms with Crippen molar-refractivity contribution in [1.82, 2.24) is 5.43 Å². The van der Waals surface area contributed by atoms with E-state index in [4.69, 9.17) is 20.8 Å². The number of hydrazone groups is 1. The monoisotopic (exact) mass is 422 g/mol. The topological polar surface area (TPSA) is 63.8 Å². The molecule has 1 heterocycles. The van der Waals surface area contributed by atoms with Crippen molar-refractivity contribution >= 4 is 23.7 Å². The normalized spacial score (nSPS) is 11.6. The molecular formula is C20H14ClF3N2O3. The second kappa shape index (κ2) is 8.83. The maximum atomic E-state index is 12.8. The predicted molar refractivity (Wildman–Crippen MR) is 102 cm³/mol. The fraction of sp³-hybridized carbons (Fsp3) is 0.100. The quantitative estimate of drug-likeness (QED) is 0.441. The highest BCUT2D eigenvalue weighted by Gasteiger charge is 2.30. The summed E-state index contributed by atoms with van der Waals surface area (Å²) in [6, 6.07) is 14.4. The maximum absolute atomic E-state index is 12.8. The Morgan fingerprint density at radius 3 is 2.69 bits per heavy atom. The summed E-state index contributed by atoms with van der Waals surface area (Å²) < 4.78 is 49.2. The molecule has 0 radical (unpaired) electrons. The molecule has 0 atom stereocenters. The number of rotatable bonds is 6. The van der Waals surface area contributed by atoms with Crippen molar-refractivity contribution < 1.29 is 27.1 Å². The Labute approximate surface area is 168 Å². The van der Waals surface area contributed by atoms with Gasteiger partial charge in [0, 0.05) is 10.6 Å². The van der Waals surface area contributed by atoms with Crippen LogP contribution in [0.3, 0.4) is 0 Å². The van der Waals surface area contributed by atoms with Crippen LogP contribution in [0.1, 0.15) is 11.3 Å². The van der Waals surface area contributed by atoms with Crippen molar-refractivity contribution in [2.45, 2.75) is 6.18 Å². The molecule has 3 rings (SSSR count). The first-order valence-electron chi connectivity index (χ1n) is 8.29. The highest BCUT2D eigenvalue weighted by atomic mass is 35.5. The van der Waals surface area contributed by atoms with Crippen LogP contribution in [-0.4, -0.2) is 18.7 Å². The third-order valence-electron chi connectivity index (χ3n) is 3.65. The van der Waals surface area contributed by atoms with E-state index < -0.39 is 17.6 Å². The van der Waals surface area contributed by atoms with Gasteiger partial charge in [0.15, 0.2) is 6.61 Å². The van der Waals surface area contributed by atoms with E-state index in [1.807, 2.05) is 0 Å². The van der Waals surface area contributed by atoms with Gasteiger partial charge >= 0.3 is 6.18 Å². The van der Waals surface area contributed by atoms with Crippen LogP contribution in [-0.2, 0) is 11.0 Å². The molecule has 1 N–H and O–H groups in total. The van der Waals surface area contributed by atoms with E-state index >= 15 is 0 Å². The van der Waals surface area contributed by atoms with Crippen molar-refractivity contribution in [3.8, 4) is 17.1 Å². The van der Waals surface area contributed by atoms with Crippen LogP contribution < -0.4 is 10.2 Å². The van der Waals surface area contributed by atoms with E-state index in [1.165, 1.54) is 30.5 Å². The van der Waals surface area contributed by atoms with E-state index in [2.05, 4.69) is 10.5 Å². The molecule has 0 unspecified atom stereocenters. The molecule has 0 saturated carbocycles. The number of carbonyl (C=O) groups is 1. The Hall–Kier alpha value is -3.26. The average Bonchev–Trinajstić information content (AvgIpc) is 3.15. The third kappa shape index (κ3) is 5.86. The number of nitrogens with one attached hydrogen (secondary N) is 1. The number of hydrogen-bond acceptors (Lipinski definition) is 4. The molecule has 0 aliphatic rings. The summed E-state index contributed by atoms with van der Waals surface area (Å²) in [5, 5.41) is 4.21. The van der Waals surface area contributed by atoms with Crippen LogP contribution in [0, 0.1) is 0 Å². The van der Waals surface area contributed by atoms with Gasteiger partial charge in [-0.15, -0.1) is 0 Å². The van der Waals surface area contributed by atoms with E-state index in [1.54, 1.807) is 24.3 Å². The Bertz CT molecular complexity index is 1030. The van der Waals surface area contributed by atoms with Crippen LogP contribution in [0.15, 0.2) is 70.2 Å². The van der Waals surface area contributed by atoms with Crippen LogP contribution in [0.5, 0.6) is 5.75 Å². The molecule has 2 aromatic carbocycles. The van der Waals surface area contributed by atoms with E-state index in [-0.39, 0.29) is 23.7 Å². The minimum atomic E-state index is -4.44. The molecule has 0 aliphatic heterocycles. The molecule has 150 valence electrons. The summed E-state index contributed by atoms with van der Waals surface area (Å²) >= 11 is 5.82. The second-order valence-electron chi connectivity index (χ2n) is 5.82. The summed E-state index contributed by atoms with van der Waals surface area (Å²) in [6.45, 7) is -0.272. The first kappa shape index (κ1) is 20.5. The van der Waals surface area contributed by atoms with Crippen molar-refractivity contribution in [1.29, 1.82) is 0 Å². The third-order valence-corrected chi connectivity index (χ3v) is 3.88. The second-order valence-corrected chi connectivity index (χ2v) is 6.26. The molecule has 1 aromatic heterocycles. The lowest BCUT2D eigenvalue weighted by molar-refractivity contribution is -0.137. The number of carbonyl (C=O) groups excluding carboxylic acids is 1. The largest absolute Gasteiger partial charge is 0.484 e. The predicted octanol–water partition coefficient (Wildman–Crippen LogP) is 5.15. The number of hydrogen-bond donors (Lipinski definition) is 1. The zero-order valence-electron chi connectivity index (χ0n) is 14.7. The SMILES string of the molecule is O=C(COc1cccc(Cl)c1)N/N=C\c1ccc(-c2cccc(C(F)(F)F)c2)o1. The van der Waals surface area contributed by atoms with Crippen molar-refractivity contribution in [2.24, 2.45) is 5.10 Å². The Morgan fingerprint density at radius 1 is 1.14 bits per heavy atom. The van der Waals surface area contributed by atoms with Gasteiger partial charge in [-0.1, -0.05) is 29.8 Å². The first-order chi connectivity index (χ1) is 13.8. The van der Waals surface area contributed by atoms with Crippen molar-refractivity contribution in [3.63, 3.8) is 0 Å². The molecule has 0 bridgehead atoms.